The van der Waals surface area contributed by atoms with Crippen LogP contribution < -0.4 is 9.80 Å². The van der Waals surface area contributed by atoms with Crippen LogP contribution in [0.4, 0.5) is 34.1 Å². The first-order valence-electron chi connectivity index (χ1n) is 33.5. The third kappa shape index (κ3) is 7.20. The van der Waals surface area contributed by atoms with E-state index in [1.165, 1.54) is 55.3 Å². The zero-order chi connectivity index (χ0) is 64.1. The van der Waals surface area contributed by atoms with Crippen LogP contribution in [0.2, 0.25) is 0 Å². The van der Waals surface area contributed by atoms with Crippen LogP contribution in [0.1, 0.15) is 63.8 Å². The van der Waals surface area contributed by atoms with Gasteiger partial charge in [0, 0.05) is 87.4 Å². The zero-order valence-electron chi connectivity index (χ0n) is 54.1. The molecule has 0 bridgehead atoms. The lowest BCUT2D eigenvalue weighted by Crippen LogP contribution is -2.62. The number of rotatable bonds is 7. The molecule has 20 rings (SSSR count). The average molecular weight is 1240 g/mol. The fraction of sp³-hybridized carbons (Fsp3) is 0.111. The Morgan fingerprint density at radius 2 is 0.479 bits per heavy atom. The second kappa shape index (κ2) is 19.5. The van der Waals surface area contributed by atoms with Crippen molar-refractivity contribution in [2.45, 2.75) is 52.4 Å². The molecule has 4 aromatic heterocycles. The first-order valence-corrected chi connectivity index (χ1v) is 33.5. The van der Waals surface area contributed by atoms with Gasteiger partial charge in [0.25, 0.3) is 0 Å². The number of furan rings is 4. The summed E-state index contributed by atoms with van der Waals surface area (Å²) < 4.78 is 26.4. The van der Waals surface area contributed by atoms with Crippen molar-refractivity contribution in [1.82, 2.24) is 0 Å². The molecule has 458 valence electrons. The second-order valence-corrected chi connectivity index (χ2v) is 28.6. The Hall–Kier alpha value is -11.6. The van der Waals surface area contributed by atoms with Crippen molar-refractivity contribution in [3.05, 3.63) is 301 Å². The summed E-state index contributed by atoms with van der Waals surface area (Å²) >= 11 is 0. The summed E-state index contributed by atoms with van der Waals surface area (Å²) in [7, 11) is 0. The molecule has 0 aliphatic heterocycles. The number of nitrogens with zero attached hydrogens (tertiary/aromatic N) is 2. The van der Waals surface area contributed by atoms with Crippen LogP contribution in [0.5, 0.6) is 0 Å². The molecule has 4 heterocycles. The van der Waals surface area contributed by atoms with Gasteiger partial charge in [-0.3, -0.25) is 0 Å². The highest BCUT2D eigenvalue weighted by Crippen LogP contribution is 2.76. The van der Waals surface area contributed by atoms with E-state index in [4.69, 9.17) is 17.7 Å². The summed E-state index contributed by atoms with van der Waals surface area (Å²) in [5.41, 5.74) is 20.7. The van der Waals surface area contributed by atoms with Crippen LogP contribution in [0.25, 0.3) is 132 Å². The molecule has 96 heavy (non-hydrogen) atoms. The maximum Gasteiger partial charge on any atom is 0.135 e. The van der Waals surface area contributed by atoms with E-state index in [1.54, 1.807) is 0 Å². The Morgan fingerprint density at radius 1 is 0.229 bits per heavy atom. The van der Waals surface area contributed by atoms with E-state index in [0.29, 0.717) is 0 Å². The summed E-state index contributed by atoms with van der Waals surface area (Å²) in [5, 5.41) is 13.2. The quantitative estimate of drug-likeness (QED) is 0.158. The number of fused-ring (bicyclic) bond motifs is 22. The number of para-hydroxylation sites is 4. The van der Waals surface area contributed by atoms with Crippen molar-refractivity contribution in [2.75, 3.05) is 9.80 Å². The van der Waals surface area contributed by atoms with Crippen LogP contribution >= 0.6 is 0 Å². The van der Waals surface area contributed by atoms with Crippen molar-refractivity contribution in [2.24, 2.45) is 10.8 Å². The normalized spacial score (nSPS) is 16.1. The Balaban J connectivity index is 0.926. The minimum Gasteiger partial charge on any atom is -0.456 e. The fourth-order valence-corrected chi connectivity index (χ4v) is 18.4. The molecule has 2 aliphatic rings. The molecule has 0 N–H and O–H groups in total. The van der Waals surface area contributed by atoms with Crippen molar-refractivity contribution >= 4 is 143 Å². The van der Waals surface area contributed by atoms with Crippen LogP contribution in [0.15, 0.2) is 297 Å². The SMILES string of the molecule is CC(C)(C)C1(C2(C(C)(C)C)c3ccccc3-c3c2cc(N(c2ccc4oc5ccccc5c4c2)c2ccc4oc5ccccc5c4c2)c2ccccc32)c2ccccc2-c2c1cc(N(c1ccc3oc4ccccc4c3c1)c1ccc3oc4ccccc4c3c1)c1ccccc21. The highest BCUT2D eigenvalue weighted by atomic mass is 16.3. The van der Waals surface area contributed by atoms with Gasteiger partial charge in [0.1, 0.15) is 44.7 Å². The standard InChI is InChI=1S/C90H64N2O4/c1-87(2,3)89(71-33-17-11-31-65(71)85-63-29-9-7-23-57(63)75(51-73(85)89)91(53-39-43-81-67(47-53)59-25-13-19-35-77(59)93-81)54-40-44-82-68(48-54)60-26-14-20-36-78(60)94-82)90(88(4,5)6)72-34-18-12-32-66(72)86-64-30-10-8-24-58(64)76(52-74(86)90)92(55-41-45-83-69(49-55)61-27-15-21-37-79(61)95-83)56-42-46-84-70(50-56)62-28-16-22-38-80(62)96-84/h7-52H,1-6H3. The van der Waals surface area contributed by atoms with E-state index >= 15 is 0 Å². The van der Waals surface area contributed by atoms with Crippen molar-refractivity contribution in [3.63, 3.8) is 0 Å². The Kier molecular flexibility index (Phi) is 11.2. The lowest BCUT2D eigenvalue weighted by atomic mass is 9.39. The van der Waals surface area contributed by atoms with E-state index in [0.717, 1.165) is 133 Å². The molecule has 0 amide bonds. The number of hydrogen-bond donors (Lipinski definition) is 0. The predicted octanol–water partition coefficient (Wildman–Crippen LogP) is 25.9. The first kappa shape index (κ1) is 54.9. The zero-order valence-corrected chi connectivity index (χ0v) is 54.1. The van der Waals surface area contributed by atoms with Crippen LogP contribution in [-0.4, -0.2) is 0 Å². The number of benzene rings is 14. The molecule has 0 saturated carbocycles. The lowest BCUT2D eigenvalue weighted by molar-refractivity contribution is 0.0595. The predicted molar refractivity (Wildman–Crippen MR) is 398 cm³/mol. The Labute approximate surface area is 554 Å². The molecular formula is C90H64N2O4. The maximum atomic E-state index is 6.60. The Bertz CT molecular complexity index is 5740. The van der Waals surface area contributed by atoms with Crippen molar-refractivity contribution in [1.29, 1.82) is 0 Å². The topological polar surface area (TPSA) is 59.0 Å². The molecule has 0 radical (unpaired) electrons. The van der Waals surface area contributed by atoms with Crippen molar-refractivity contribution in [3.8, 4) is 22.3 Å². The summed E-state index contributed by atoms with van der Waals surface area (Å²) in [6.07, 6.45) is 0. The molecule has 0 fully saturated rings. The first-order chi connectivity index (χ1) is 46.9. The highest BCUT2D eigenvalue weighted by Gasteiger charge is 2.71. The van der Waals surface area contributed by atoms with Crippen LogP contribution in [-0.2, 0) is 10.8 Å². The lowest BCUT2D eigenvalue weighted by Gasteiger charge is -2.62. The van der Waals surface area contributed by atoms with E-state index in [2.05, 4.69) is 330 Å². The minimum atomic E-state index is -0.806. The van der Waals surface area contributed by atoms with Crippen molar-refractivity contribution < 1.29 is 17.7 Å². The van der Waals surface area contributed by atoms with Gasteiger partial charge >= 0.3 is 0 Å². The smallest absolute Gasteiger partial charge is 0.135 e. The van der Waals surface area contributed by atoms with Gasteiger partial charge in [-0.25, -0.2) is 0 Å². The number of hydrogen-bond acceptors (Lipinski definition) is 6. The molecule has 2 atom stereocenters. The van der Waals surface area contributed by atoms with Gasteiger partial charge in [0.2, 0.25) is 0 Å². The summed E-state index contributed by atoms with van der Waals surface area (Å²) in [6, 6.07) is 103. The monoisotopic (exact) mass is 1240 g/mol. The largest absolute Gasteiger partial charge is 0.456 e. The van der Waals surface area contributed by atoms with Crippen LogP contribution in [0.3, 0.4) is 0 Å². The van der Waals surface area contributed by atoms with Crippen LogP contribution in [0, 0.1) is 10.8 Å². The molecular weight excluding hydrogens is 1170 g/mol. The van der Waals surface area contributed by atoms with Gasteiger partial charge in [-0.2, -0.15) is 0 Å². The van der Waals surface area contributed by atoms with E-state index in [-0.39, 0.29) is 0 Å². The third-order valence-electron chi connectivity index (χ3n) is 21.8. The second-order valence-electron chi connectivity index (χ2n) is 28.6. The minimum absolute atomic E-state index is 0.504. The molecule has 2 unspecified atom stereocenters. The molecule has 2 aliphatic carbocycles. The van der Waals surface area contributed by atoms with Gasteiger partial charge in [-0.05, 0) is 175 Å². The fourth-order valence-electron chi connectivity index (χ4n) is 18.4. The van der Waals surface area contributed by atoms with E-state index in [9.17, 15) is 0 Å². The Morgan fingerprint density at radius 3 is 0.781 bits per heavy atom. The average Bonchev–Trinajstić information content (AvgIpc) is 1.44. The molecule has 0 spiro atoms. The summed E-state index contributed by atoms with van der Waals surface area (Å²) in [4.78, 5) is 5.04. The van der Waals surface area contributed by atoms with E-state index < -0.39 is 21.7 Å². The molecule has 18 aromatic rings. The van der Waals surface area contributed by atoms with Gasteiger partial charge < -0.3 is 27.5 Å². The molecule has 0 saturated heterocycles. The number of anilines is 6. The van der Waals surface area contributed by atoms with E-state index in [1.807, 2.05) is 0 Å². The maximum absolute atomic E-state index is 6.60. The molecule has 6 heteroatoms. The highest BCUT2D eigenvalue weighted by molar-refractivity contribution is 6.17. The summed E-state index contributed by atoms with van der Waals surface area (Å²) in [6.45, 7) is 15.2. The summed E-state index contributed by atoms with van der Waals surface area (Å²) in [5.74, 6) is 0. The molecule has 14 aromatic carbocycles. The third-order valence-corrected chi connectivity index (χ3v) is 21.8. The van der Waals surface area contributed by atoms with Gasteiger partial charge in [-0.15, -0.1) is 0 Å². The molecule has 6 nitrogen and oxygen atoms in total. The van der Waals surface area contributed by atoms with Gasteiger partial charge in [0.05, 0.1) is 11.4 Å². The van der Waals surface area contributed by atoms with Gasteiger partial charge in [-0.1, -0.05) is 211 Å². The van der Waals surface area contributed by atoms with Gasteiger partial charge in [0.15, 0.2) is 0 Å².